The second kappa shape index (κ2) is 9.31. The Balaban J connectivity index is 0.000000309. The molecule has 0 aliphatic heterocycles. The largest absolute Gasteiger partial charge is 0.523 e. The molecular formula is C15H19F3O8S. The molecule has 12 heteroatoms. The minimum atomic E-state index is -5.63. The Bertz CT molecular complexity index is 711. The monoisotopic (exact) mass is 416 g/mol. The van der Waals surface area contributed by atoms with Crippen LogP contribution in [0.5, 0.6) is 0 Å². The number of methoxy groups -OCH3 is 2. The molecule has 8 nitrogen and oxygen atoms in total. The van der Waals surface area contributed by atoms with Crippen molar-refractivity contribution in [2.24, 2.45) is 5.92 Å². The Morgan fingerprint density at radius 2 is 1.74 bits per heavy atom. The van der Waals surface area contributed by atoms with Gasteiger partial charge in [0.05, 0.1) is 26.2 Å². The number of rotatable bonds is 4. The van der Waals surface area contributed by atoms with E-state index in [1.807, 2.05) is 0 Å². The lowest BCUT2D eigenvalue weighted by Crippen LogP contribution is -2.28. The highest BCUT2D eigenvalue weighted by Crippen LogP contribution is 2.30. The van der Waals surface area contributed by atoms with Crippen molar-refractivity contribution < 1.29 is 49.6 Å². The predicted molar refractivity (Wildman–Crippen MR) is 83.5 cm³/mol. The van der Waals surface area contributed by atoms with Crippen LogP contribution in [0.3, 0.4) is 0 Å². The summed E-state index contributed by atoms with van der Waals surface area (Å²) in [5, 5.41) is 0. The number of hydrogen-bond donors (Lipinski definition) is 0. The molecule has 0 radical (unpaired) electrons. The zero-order valence-corrected chi connectivity index (χ0v) is 15.4. The van der Waals surface area contributed by atoms with Crippen molar-refractivity contribution in [2.45, 2.75) is 43.7 Å². The van der Waals surface area contributed by atoms with Crippen LogP contribution < -0.4 is 0 Å². The standard InChI is InChI=1S/C8H9F3O5S.C7H10O3/c1-15-7(12)5-2-3-6(4-5)16-17(13,14)8(9,10)11;1-10-7(9)5-2-3-6(8)4-5/h4,6H,2-3H2,1H3;5H,2-4H2,1H3. The number of Topliss-reactive ketones (excluding diaryl/α,β-unsaturated/α-hetero) is 1. The first kappa shape index (κ1) is 23.1. The first-order valence-electron chi connectivity index (χ1n) is 7.79. The lowest BCUT2D eigenvalue weighted by Gasteiger charge is -2.11. The molecular weight excluding hydrogens is 397 g/mol. The molecule has 154 valence electrons. The molecule has 0 bridgehead atoms. The van der Waals surface area contributed by atoms with Crippen molar-refractivity contribution >= 4 is 27.8 Å². The number of esters is 2. The predicted octanol–water partition coefficient (Wildman–Crippen LogP) is 1.64. The highest BCUT2D eigenvalue weighted by Gasteiger charge is 2.48. The van der Waals surface area contributed by atoms with Crippen LogP contribution in [-0.2, 0) is 38.2 Å². The molecule has 0 aromatic carbocycles. The van der Waals surface area contributed by atoms with Gasteiger partial charge >= 0.3 is 27.6 Å². The Morgan fingerprint density at radius 3 is 2.19 bits per heavy atom. The van der Waals surface area contributed by atoms with Crippen molar-refractivity contribution in [2.75, 3.05) is 14.2 Å². The van der Waals surface area contributed by atoms with Crippen molar-refractivity contribution in [3.63, 3.8) is 0 Å². The molecule has 0 spiro atoms. The number of halogens is 3. The molecule has 2 aliphatic rings. The second-order valence-electron chi connectivity index (χ2n) is 5.76. The quantitative estimate of drug-likeness (QED) is 0.386. The van der Waals surface area contributed by atoms with E-state index in [-0.39, 0.29) is 36.1 Å². The number of hydrogen-bond acceptors (Lipinski definition) is 8. The van der Waals surface area contributed by atoms with E-state index in [0.29, 0.717) is 19.3 Å². The van der Waals surface area contributed by atoms with Crippen molar-refractivity contribution in [3.05, 3.63) is 11.6 Å². The SMILES string of the molecule is COC(=O)C1=CC(OS(=O)(=O)C(F)(F)F)CC1.COC(=O)C1CCC(=O)C1. The van der Waals surface area contributed by atoms with E-state index >= 15 is 0 Å². The lowest BCUT2D eigenvalue weighted by atomic mass is 10.1. The van der Waals surface area contributed by atoms with Crippen LogP contribution in [0.15, 0.2) is 11.6 Å². The Morgan fingerprint density at radius 1 is 1.11 bits per heavy atom. The van der Waals surface area contributed by atoms with Crippen LogP contribution in [0.1, 0.15) is 32.1 Å². The van der Waals surface area contributed by atoms with Gasteiger partial charge in [0.2, 0.25) is 0 Å². The summed E-state index contributed by atoms with van der Waals surface area (Å²) in [7, 11) is -3.17. The van der Waals surface area contributed by atoms with Gasteiger partial charge in [0.1, 0.15) is 5.78 Å². The van der Waals surface area contributed by atoms with Crippen molar-refractivity contribution in [1.82, 2.24) is 0 Å². The fourth-order valence-corrected chi connectivity index (χ4v) is 3.05. The average molecular weight is 416 g/mol. The molecule has 2 aliphatic carbocycles. The number of ketones is 1. The van der Waals surface area contributed by atoms with E-state index in [9.17, 15) is 36.0 Å². The fraction of sp³-hybridized carbons (Fsp3) is 0.667. The normalized spacial score (nSPS) is 22.6. The Labute approximate surface area is 153 Å². The minimum absolute atomic E-state index is 0.0141. The van der Waals surface area contributed by atoms with E-state index in [1.165, 1.54) is 7.11 Å². The summed E-state index contributed by atoms with van der Waals surface area (Å²) >= 11 is 0. The van der Waals surface area contributed by atoms with Gasteiger partial charge in [-0.1, -0.05) is 0 Å². The molecule has 2 rings (SSSR count). The Hall–Kier alpha value is -1.95. The molecule has 2 unspecified atom stereocenters. The molecule has 1 fully saturated rings. The summed E-state index contributed by atoms with van der Waals surface area (Å²) in [6, 6.07) is 0. The number of carbonyl (C=O) groups is 3. The third-order valence-corrected chi connectivity index (χ3v) is 4.91. The molecule has 27 heavy (non-hydrogen) atoms. The topological polar surface area (TPSA) is 113 Å². The summed E-state index contributed by atoms with van der Waals surface area (Å²) in [5.41, 5.74) is -5.36. The maximum absolute atomic E-state index is 12.0. The van der Waals surface area contributed by atoms with Gasteiger partial charge in [-0.05, 0) is 25.3 Å². The maximum atomic E-state index is 12.0. The van der Waals surface area contributed by atoms with Gasteiger partial charge in [-0.25, -0.2) is 4.79 Å². The second-order valence-corrected chi connectivity index (χ2v) is 7.32. The van der Waals surface area contributed by atoms with Crippen LogP contribution in [0.4, 0.5) is 13.2 Å². The molecule has 0 amide bonds. The fourth-order valence-electron chi connectivity index (χ4n) is 2.47. The van der Waals surface area contributed by atoms with E-state index in [1.54, 1.807) is 0 Å². The number of carbonyl (C=O) groups excluding carboxylic acids is 3. The average Bonchev–Trinajstić information content (AvgIpc) is 3.21. The summed E-state index contributed by atoms with van der Waals surface area (Å²) in [4.78, 5) is 32.5. The Kier molecular flexibility index (Phi) is 7.96. The van der Waals surface area contributed by atoms with Crippen molar-refractivity contribution in [3.8, 4) is 0 Å². The lowest BCUT2D eigenvalue weighted by molar-refractivity contribution is -0.145. The van der Waals surface area contributed by atoms with Gasteiger partial charge < -0.3 is 9.47 Å². The van der Waals surface area contributed by atoms with E-state index in [0.717, 1.165) is 13.2 Å². The van der Waals surface area contributed by atoms with Gasteiger partial charge in [0.25, 0.3) is 0 Å². The van der Waals surface area contributed by atoms with Crippen LogP contribution in [0.25, 0.3) is 0 Å². The van der Waals surface area contributed by atoms with Crippen LogP contribution in [-0.4, -0.2) is 52.0 Å². The van der Waals surface area contributed by atoms with Crippen LogP contribution >= 0.6 is 0 Å². The smallest absolute Gasteiger partial charge is 0.469 e. The first-order chi connectivity index (χ1) is 12.4. The summed E-state index contributed by atoms with van der Waals surface area (Å²) in [6.45, 7) is 0. The summed E-state index contributed by atoms with van der Waals surface area (Å²) < 4.78 is 70.1. The molecule has 0 heterocycles. The van der Waals surface area contributed by atoms with Gasteiger partial charge in [-0.15, -0.1) is 0 Å². The molecule has 0 N–H and O–H groups in total. The number of ether oxygens (including phenoxy) is 2. The zero-order chi connectivity index (χ0) is 20.8. The zero-order valence-electron chi connectivity index (χ0n) is 14.6. The number of alkyl halides is 3. The summed E-state index contributed by atoms with van der Waals surface area (Å²) in [6.07, 6.45) is 1.44. The van der Waals surface area contributed by atoms with Gasteiger partial charge in [0, 0.05) is 18.4 Å². The summed E-state index contributed by atoms with van der Waals surface area (Å²) in [5.74, 6) is -0.931. The van der Waals surface area contributed by atoms with Crippen molar-refractivity contribution in [1.29, 1.82) is 0 Å². The highest BCUT2D eigenvalue weighted by atomic mass is 32.2. The maximum Gasteiger partial charge on any atom is 0.523 e. The van der Waals surface area contributed by atoms with Crippen LogP contribution in [0.2, 0.25) is 0 Å². The molecule has 1 saturated carbocycles. The van der Waals surface area contributed by atoms with E-state index in [4.69, 9.17) is 0 Å². The van der Waals surface area contributed by atoms with E-state index < -0.39 is 27.7 Å². The molecule has 0 saturated heterocycles. The van der Waals surface area contributed by atoms with Gasteiger partial charge in [0.15, 0.2) is 0 Å². The molecule has 2 atom stereocenters. The highest BCUT2D eigenvalue weighted by molar-refractivity contribution is 7.87. The van der Waals surface area contributed by atoms with E-state index in [2.05, 4.69) is 13.7 Å². The first-order valence-corrected chi connectivity index (χ1v) is 9.20. The van der Waals surface area contributed by atoms with Crippen LogP contribution in [0, 0.1) is 5.92 Å². The molecule has 0 aromatic rings. The molecule has 0 aromatic heterocycles. The third-order valence-electron chi connectivity index (χ3n) is 3.85. The third kappa shape index (κ3) is 6.61. The van der Waals surface area contributed by atoms with Gasteiger partial charge in [-0.2, -0.15) is 21.6 Å². The van der Waals surface area contributed by atoms with Gasteiger partial charge in [-0.3, -0.25) is 13.8 Å². The minimum Gasteiger partial charge on any atom is -0.469 e.